The van der Waals surface area contributed by atoms with Gasteiger partial charge < -0.3 is 14.9 Å². The summed E-state index contributed by atoms with van der Waals surface area (Å²) in [7, 11) is 2.10. The fourth-order valence-electron chi connectivity index (χ4n) is 3.01. The van der Waals surface area contributed by atoms with Crippen molar-refractivity contribution < 1.29 is 5.11 Å². The molecule has 1 atom stereocenters. The first-order chi connectivity index (χ1) is 9.54. The van der Waals surface area contributed by atoms with Crippen molar-refractivity contribution in [2.45, 2.75) is 32.8 Å². The first-order valence-corrected chi connectivity index (χ1v) is 7.72. The van der Waals surface area contributed by atoms with E-state index in [9.17, 15) is 5.11 Å². The van der Waals surface area contributed by atoms with E-state index in [4.69, 9.17) is 0 Å². The molecule has 1 aromatic carbocycles. The standard InChI is InChI=1S/C17H28N2O/c1-14-10-15(2)12-16(11-14)17(20)13-18(3)8-9-19-6-4-5-7-19/h10-12,17,20H,4-9,13H2,1-3H3. The molecule has 1 aromatic rings. The second-order valence-corrected chi connectivity index (χ2v) is 6.25. The predicted molar refractivity (Wildman–Crippen MR) is 84.0 cm³/mol. The third-order valence-corrected chi connectivity index (χ3v) is 4.11. The van der Waals surface area contributed by atoms with Crippen LogP contribution >= 0.6 is 0 Å². The van der Waals surface area contributed by atoms with E-state index in [2.05, 4.69) is 48.9 Å². The molecule has 2 rings (SSSR count). The highest BCUT2D eigenvalue weighted by Crippen LogP contribution is 2.17. The molecular weight excluding hydrogens is 248 g/mol. The van der Waals surface area contributed by atoms with E-state index < -0.39 is 6.10 Å². The van der Waals surface area contributed by atoms with Gasteiger partial charge in [0.1, 0.15) is 0 Å². The number of aliphatic hydroxyl groups excluding tert-OH is 1. The van der Waals surface area contributed by atoms with Gasteiger partial charge in [0.05, 0.1) is 6.10 Å². The van der Waals surface area contributed by atoms with Crippen LogP contribution in [0.15, 0.2) is 18.2 Å². The average Bonchev–Trinajstić information content (AvgIpc) is 2.88. The molecule has 0 aliphatic carbocycles. The number of aryl methyl sites for hydroxylation is 2. The van der Waals surface area contributed by atoms with Crippen LogP contribution in [0.25, 0.3) is 0 Å². The average molecular weight is 276 g/mol. The van der Waals surface area contributed by atoms with E-state index in [0.717, 1.165) is 18.7 Å². The minimum Gasteiger partial charge on any atom is -0.387 e. The molecule has 3 heteroatoms. The van der Waals surface area contributed by atoms with Gasteiger partial charge in [-0.25, -0.2) is 0 Å². The Balaban J connectivity index is 1.81. The Labute approximate surface area is 123 Å². The highest BCUT2D eigenvalue weighted by Gasteiger charge is 2.14. The summed E-state index contributed by atoms with van der Waals surface area (Å²) in [6, 6.07) is 6.32. The van der Waals surface area contributed by atoms with Gasteiger partial charge in [0, 0.05) is 19.6 Å². The monoisotopic (exact) mass is 276 g/mol. The van der Waals surface area contributed by atoms with E-state index >= 15 is 0 Å². The minimum absolute atomic E-state index is 0.392. The molecule has 1 saturated heterocycles. The van der Waals surface area contributed by atoms with Gasteiger partial charge in [0.15, 0.2) is 0 Å². The number of benzene rings is 1. The van der Waals surface area contributed by atoms with Crippen LogP contribution < -0.4 is 0 Å². The zero-order valence-corrected chi connectivity index (χ0v) is 13.1. The Bertz CT molecular complexity index is 407. The van der Waals surface area contributed by atoms with Gasteiger partial charge in [-0.3, -0.25) is 0 Å². The molecule has 1 N–H and O–H groups in total. The Morgan fingerprint density at radius 3 is 2.35 bits per heavy atom. The van der Waals surface area contributed by atoms with Crippen molar-refractivity contribution in [2.75, 3.05) is 39.8 Å². The molecule has 1 unspecified atom stereocenters. The Kier molecular flexibility index (Phi) is 5.58. The number of likely N-dealkylation sites (N-methyl/N-ethyl adjacent to an activating group) is 1. The van der Waals surface area contributed by atoms with Gasteiger partial charge >= 0.3 is 0 Å². The third kappa shape index (κ3) is 4.58. The number of likely N-dealkylation sites (tertiary alicyclic amines) is 1. The van der Waals surface area contributed by atoms with Gasteiger partial charge in [-0.1, -0.05) is 29.3 Å². The topological polar surface area (TPSA) is 26.7 Å². The summed E-state index contributed by atoms with van der Waals surface area (Å²) in [4.78, 5) is 4.75. The molecule has 3 nitrogen and oxygen atoms in total. The summed E-state index contributed by atoms with van der Waals surface area (Å²) in [6.45, 7) is 9.51. The number of rotatable bonds is 6. The maximum Gasteiger partial charge on any atom is 0.0916 e. The van der Waals surface area contributed by atoms with Crippen LogP contribution in [0.2, 0.25) is 0 Å². The highest BCUT2D eigenvalue weighted by molar-refractivity contribution is 5.30. The quantitative estimate of drug-likeness (QED) is 0.864. The lowest BCUT2D eigenvalue weighted by Crippen LogP contribution is -2.33. The SMILES string of the molecule is Cc1cc(C)cc(C(O)CN(C)CCN2CCCC2)c1. The lowest BCUT2D eigenvalue weighted by atomic mass is 10.0. The number of hydrogen-bond donors (Lipinski definition) is 1. The van der Waals surface area contributed by atoms with Gasteiger partial charge in [0.25, 0.3) is 0 Å². The molecule has 1 aliphatic heterocycles. The van der Waals surface area contributed by atoms with Crippen LogP contribution in [0.1, 0.15) is 35.6 Å². The summed E-state index contributed by atoms with van der Waals surface area (Å²) in [6.07, 6.45) is 2.29. The fraction of sp³-hybridized carbons (Fsp3) is 0.647. The van der Waals surface area contributed by atoms with Crippen LogP contribution in [-0.2, 0) is 0 Å². The zero-order valence-electron chi connectivity index (χ0n) is 13.1. The maximum atomic E-state index is 10.4. The fourth-order valence-corrected chi connectivity index (χ4v) is 3.01. The number of nitrogens with zero attached hydrogens (tertiary/aromatic N) is 2. The smallest absolute Gasteiger partial charge is 0.0916 e. The molecule has 0 radical (unpaired) electrons. The summed E-state index contributed by atoms with van der Waals surface area (Å²) in [5.74, 6) is 0. The summed E-state index contributed by atoms with van der Waals surface area (Å²) >= 11 is 0. The minimum atomic E-state index is -0.392. The first-order valence-electron chi connectivity index (χ1n) is 7.72. The molecule has 0 amide bonds. The summed E-state index contributed by atoms with van der Waals surface area (Å²) in [5, 5.41) is 10.4. The zero-order chi connectivity index (χ0) is 14.5. The number of aliphatic hydroxyl groups is 1. The van der Waals surface area contributed by atoms with Crippen LogP contribution in [-0.4, -0.2) is 54.7 Å². The van der Waals surface area contributed by atoms with Crippen molar-refractivity contribution in [1.82, 2.24) is 9.80 Å². The van der Waals surface area contributed by atoms with Crippen LogP contribution in [0.3, 0.4) is 0 Å². The molecule has 1 fully saturated rings. The molecule has 0 bridgehead atoms. The summed E-state index contributed by atoms with van der Waals surface area (Å²) in [5.41, 5.74) is 3.48. The van der Waals surface area contributed by atoms with E-state index in [1.54, 1.807) is 0 Å². The lowest BCUT2D eigenvalue weighted by molar-refractivity contribution is 0.121. The van der Waals surface area contributed by atoms with Crippen LogP contribution in [0.5, 0.6) is 0 Å². The molecular formula is C17H28N2O. The Morgan fingerprint density at radius 2 is 1.75 bits per heavy atom. The van der Waals surface area contributed by atoms with Crippen molar-refractivity contribution in [3.63, 3.8) is 0 Å². The Hall–Kier alpha value is -0.900. The van der Waals surface area contributed by atoms with Gasteiger partial charge in [0.2, 0.25) is 0 Å². The first kappa shape index (κ1) is 15.5. The summed E-state index contributed by atoms with van der Waals surface area (Å²) < 4.78 is 0. The van der Waals surface area contributed by atoms with Crippen molar-refractivity contribution in [2.24, 2.45) is 0 Å². The van der Waals surface area contributed by atoms with E-state index in [1.807, 2.05) is 0 Å². The maximum absolute atomic E-state index is 10.4. The van der Waals surface area contributed by atoms with Gasteiger partial charge in [-0.2, -0.15) is 0 Å². The Morgan fingerprint density at radius 1 is 1.15 bits per heavy atom. The third-order valence-electron chi connectivity index (χ3n) is 4.11. The van der Waals surface area contributed by atoms with Crippen LogP contribution in [0.4, 0.5) is 0 Å². The molecule has 1 heterocycles. The van der Waals surface area contributed by atoms with E-state index in [-0.39, 0.29) is 0 Å². The number of hydrogen-bond acceptors (Lipinski definition) is 3. The lowest BCUT2D eigenvalue weighted by Gasteiger charge is -2.24. The van der Waals surface area contributed by atoms with E-state index in [1.165, 1.54) is 37.1 Å². The molecule has 112 valence electrons. The van der Waals surface area contributed by atoms with Crippen molar-refractivity contribution in [1.29, 1.82) is 0 Å². The molecule has 0 spiro atoms. The van der Waals surface area contributed by atoms with Gasteiger partial charge in [-0.15, -0.1) is 0 Å². The van der Waals surface area contributed by atoms with E-state index in [0.29, 0.717) is 6.54 Å². The predicted octanol–water partition coefficient (Wildman–Crippen LogP) is 2.36. The van der Waals surface area contributed by atoms with Crippen molar-refractivity contribution >= 4 is 0 Å². The second kappa shape index (κ2) is 7.21. The molecule has 20 heavy (non-hydrogen) atoms. The second-order valence-electron chi connectivity index (χ2n) is 6.25. The van der Waals surface area contributed by atoms with Crippen molar-refractivity contribution in [3.8, 4) is 0 Å². The normalized spacial score (nSPS) is 17.9. The highest BCUT2D eigenvalue weighted by atomic mass is 16.3. The van der Waals surface area contributed by atoms with Gasteiger partial charge in [-0.05, 0) is 52.4 Å². The molecule has 0 aromatic heterocycles. The van der Waals surface area contributed by atoms with Crippen molar-refractivity contribution in [3.05, 3.63) is 34.9 Å². The largest absolute Gasteiger partial charge is 0.387 e. The van der Waals surface area contributed by atoms with Crippen LogP contribution in [0, 0.1) is 13.8 Å². The molecule has 0 saturated carbocycles. The molecule has 1 aliphatic rings.